The van der Waals surface area contributed by atoms with Crippen molar-refractivity contribution in [1.29, 1.82) is 0 Å². The van der Waals surface area contributed by atoms with Gasteiger partial charge in [-0.05, 0) is 43.4 Å². The molecule has 0 aliphatic rings. The molecule has 1 aromatic carbocycles. The minimum absolute atomic E-state index is 0.0406. The first-order chi connectivity index (χ1) is 11.0. The number of benzene rings is 1. The number of carboxylic acid groups (broad SMARTS) is 2. The van der Waals surface area contributed by atoms with E-state index < -0.39 is 11.9 Å². The third kappa shape index (κ3) is 8.60. The number of amides is 1. The topological polar surface area (TPSA) is 104 Å². The van der Waals surface area contributed by atoms with E-state index in [9.17, 15) is 14.4 Å². The number of aromatic carboxylic acids is 1. The molecule has 0 atom stereocenters. The molecule has 1 amide bonds. The minimum Gasteiger partial charge on any atom is -0.481 e. The van der Waals surface area contributed by atoms with Crippen LogP contribution in [0, 0.1) is 0 Å². The van der Waals surface area contributed by atoms with Gasteiger partial charge in [0.25, 0.3) is 0 Å². The van der Waals surface area contributed by atoms with Crippen LogP contribution in [0.2, 0.25) is 0 Å². The maximum Gasteiger partial charge on any atom is 0.335 e. The Kier molecular flexibility index (Phi) is 8.42. The minimum atomic E-state index is -0.925. The summed E-state index contributed by atoms with van der Waals surface area (Å²) in [6.45, 7) is 0.404. The zero-order valence-corrected chi connectivity index (χ0v) is 13.1. The molecule has 0 heterocycles. The molecule has 3 N–H and O–H groups in total. The summed E-state index contributed by atoms with van der Waals surface area (Å²) in [4.78, 5) is 32.6. The van der Waals surface area contributed by atoms with E-state index in [2.05, 4.69) is 5.32 Å². The van der Waals surface area contributed by atoms with Gasteiger partial charge < -0.3 is 15.5 Å². The van der Waals surface area contributed by atoms with Crippen molar-refractivity contribution in [1.82, 2.24) is 5.32 Å². The monoisotopic (exact) mass is 321 g/mol. The molecule has 1 aromatic rings. The summed E-state index contributed by atoms with van der Waals surface area (Å²) >= 11 is 0. The van der Waals surface area contributed by atoms with Crippen molar-refractivity contribution in [3.63, 3.8) is 0 Å². The Bertz CT molecular complexity index is 524. The average molecular weight is 321 g/mol. The number of hydrogen-bond acceptors (Lipinski definition) is 3. The lowest BCUT2D eigenvalue weighted by atomic mass is 10.0. The van der Waals surface area contributed by atoms with Gasteiger partial charge in [-0.1, -0.05) is 18.6 Å². The number of aliphatic carboxylic acids is 1. The third-order valence-electron chi connectivity index (χ3n) is 3.46. The van der Waals surface area contributed by atoms with E-state index in [0.717, 1.165) is 31.2 Å². The highest BCUT2D eigenvalue weighted by molar-refractivity contribution is 5.87. The van der Waals surface area contributed by atoms with E-state index in [1.54, 1.807) is 12.1 Å². The van der Waals surface area contributed by atoms with Crippen LogP contribution in [0.3, 0.4) is 0 Å². The van der Waals surface area contributed by atoms with E-state index >= 15 is 0 Å². The molecule has 126 valence electrons. The molecule has 0 radical (unpaired) electrons. The smallest absolute Gasteiger partial charge is 0.335 e. The van der Waals surface area contributed by atoms with Crippen LogP contribution in [0.25, 0.3) is 0 Å². The van der Waals surface area contributed by atoms with Gasteiger partial charge in [-0.2, -0.15) is 0 Å². The number of rotatable bonds is 11. The van der Waals surface area contributed by atoms with Crippen molar-refractivity contribution in [2.75, 3.05) is 6.54 Å². The van der Waals surface area contributed by atoms with Crippen molar-refractivity contribution in [2.45, 2.75) is 44.9 Å². The highest BCUT2D eigenvalue weighted by Gasteiger charge is 2.03. The Morgan fingerprint density at radius 1 is 0.870 bits per heavy atom. The second-order valence-electron chi connectivity index (χ2n) is 5.41. The van der Waals surface area contributed by atoms with Crippen molar-refractivity contribution in [2.24, 2.45) is 0 Å². The molecule has 23 heavy (non-hydrogen) atoms. The number of unbranched alkanes of at least 4 members (excludes halogenated alkanes) is 2. The highest BCUT2D eigenvalue weighted by atomic mass is 16.4. The number of hydrogen-bond donors (Lipinski definition) is 3. The van der Waals surface area contributed by atoms with E-state index in [4.69, 9.17) is 10.2 Å². The number of aryl methyl sites for hydroxylation is 1. The molecule has 0 saturated carbocycles. The molecule has 6 nitrogen and oxygen atoms in total. The predicted octanol–water partition coefficient (Wildman–Crippen LogP) is 2.47. The second kappa shape index (κ2) is 10.4. The summed E-state index contributed by atoms with van der Waals surface area (Å²) in [7, 11) is 0. The molecule has 0 aliphatic heterocycles. The Hall–Kier alpha value is -2.37. The van der Waals surface area contributed by atoms with E-state index in [-0.39, 0.29) is 17.9 Å². The SMILES string of the molecule is O=C(O)CCCNC(=O)CCCCCc1ccc(C(=O)O)cc1. The predicted molar refractivity (Wildman–Crippen MR) is 85.5 cm³/mol. The Labute approximate surface area is 135 Å². The Morgan fingerprint density at radius 2 is 1.57 bits per heavy atom. The quantitative estimate of drug-likeness (QED) is 0.543. The van der Waals surface area contributed by atoms with Crippen LogP contribution in [0.4, 0.5) is 0 Å². The van der Waals surface area contributed by atoms with Crippen LogP contribution in [0.1, 0.15) is 54.4 Å². The van der Waals surface area contributed by atoms with Crippen LogP contribution >= 0.6 is 0 Å². The fraction of sp³-hybridized carbons (Fsp3) is 0.471. The van der Waals surface area contributed by atoms with Crippen LogP contribution < -0.4 is 5.32 Å². The zero-order valence-electron chi connectivity index (χ0n) is 13.1. The summed E-state index contributed by atoms with van der Waals surface area (Å²) < 4.78 is 0. The fourth-order valence-electron chi connectivity index (χ4n) is 2.16. The van der Waals surface area contributed by atoms with Crippen molar-refractivity contribution in [3.05, 3.63) is 35.4 Å². The first kappa shape index (κ1) is 18.7. The number of nitrogens with one attached hydrogen (secondary N) is 1. The number of carbonyl (C=O) groups excluding carboxylic acids is 1. The molecule has 1 rings (SSSR count). The lowest BCUT2D eigenvalue weighted by molar-refractivity contribution is -0.137. The largest absolute Gasteiger partial charge is 0.481 e. The van der Waals surface area contributed by atoms with Gasteiger partial charge in [0.05, 0.1) is 5.56 Å². The molecule has 6 heteroatoms. The molecule has 0 bridgehead atoms. The number of carboxylic acids is 2. The van der Waals surface area contributed by atoms with Crippen LogP contribution in [-0.4, -0.2) is 34.6 Å². The highest BCUT2D eigenvalue weighted by Crippen LogP contribution is 2.10. The van der Waals surface area contributed by atoms with Crippen molar-refractivity contribution >= 4 is 17.8 Å². The van der Waals surface area contributed by atoms with Gasteiger partial charge in [0.2, 0.25) is 5.91 Å². The standard InChI is InChI=1S/C17H23NO5/c19-15(18-12-4-7-16(20)21)6-3-1-2-5-13-8-10-14(11-9-13)17(22)23/h8-11H,1-7,12H2,(H,18,19)(H,20,21)(H,22,23). The van der Waals surface area contributed by atoms with Crippen LogP contribution in [0.5, 0.6) is 0 Å². The van der Waals surface area contributed by atoms with Crippen molar-refractivity contribution < 1.29 is 24.6 Å². The Morgan fingerprint density at radius 3 is 2.17 bits per heavy atom. The summed E-state index contributed by atoms with van der Waals surface area (Å²) in [5.41, 5.74) is 1.38. The lowest BCUT2D eigenvalue weighted by Crippen LogP contribution is -2.24. The maximum absolute atomic E-state index is 11.5. The summed E-state index contributed by atoms with van der Waals surface area (Å²) in [5.74, 6) is -1.82. The summed E-state index contributed by atoms with van der Waals surface area (Å²) in [6, 6.07) is 6.84. The number of carbonyl (C=O) groups is 3. The zero-order chi connectivity index (χ0) is 17.1. The maximum atomic E-state index is 11.5. The van der Waals surface area contributed by atoms with Crippen LogP contribution in [-0.2, 0) is 16.0 Å². The normalized spacial score (nSPS) is 10.3. The Balaban J connectivity index is 2.07. The van der Waals surface area contributed by atoms with Gasteiger partial charge in [-0.15, -0.1) is 0 Å². The molecule has 0 aliphatic carbocycles. The molecular formula is C17H23NO5. The molecule has 0 aromatic heterocycles. The van der Waals surface area contributed by atoms with Gasteiger partial charge in [0.1, 0.15) is 0 Å². The molecule has 0 saturated heterocycles. The van der Waals surface area contributed by atoms with Gasteiger partial charge >= 0.3 is 11.9 Å². The molecule has 0 unspecified atom stereocenters. The molecule has 0 spiro atoms. The average Bonchev–Trinajstić information content (AvgIpc) is 2.51. The first-order valence-electron chi connectivity index (χ1n) is 7.80. The van der Waals surface area contributed by atoms with Gasteiger partial charge in [0.15, 0.2) is 0 Å². The van der Waals surface area contributed by atoms with Crippen LogP contribution in [0.15, 0.2) is 24.3 Å². The second-order valence-corrected chi connectivity index (χ2v) is 5.41. The molecular weight excluding hydrogens is 298 g/mol. The fourth-order valence-corrected chi connectivity index (χ4v) is 2.16. The van der Waals surface area contributed by atoms with Crippen molar-refractivity contribution in [3.8, 4) is 0 Å². The van der Waals surface area contributed by atoms with E-state index in [1.165, 1.54) is 0 Å². The first-order valence-corrected chi connectivity index (χ1v) is 7.80. The third-order valence-corrected chi connectivity index (χ3v) is 3.46. The summed E-state index contributed by atoms with van der Waals surface area (Å²) in [6.07, 6.45) is 4.49. The summed E-state index contributed by atoms with van der Waals surface area (Å²) in [5, 5.41) is 20.0. The van der Waals surface area contributed by atoms with Gasteiger partial charge in [-0.3, -0.25) is 9.59 Å². The van der Waals surface area contributed by atoms with E-state index in [0.29, 0.717) is 19.4 Å². The van der Waals surface area contributed by atoms with Gasteiger partial charge in [0, 0.05) is 19.4 Å². The van der Waals surface area contributed by atoms with Gasteiger partial charge in [-0.25, -0.2) is 4.79 Å². The lowest BCUT2D eigenvalue weighted by Gasteiger charge is -2.05. The van der Waals surface area contributed by atoms with E-state index in [1.807, 2.05) is 12.1 Å². The molecule has 0 fully saturated rings.